The third-order valence-electron chi connectivity index (χ3n) is 2.51. The number of carbonyl (C=O) groups excluding carboxylic acids is 1. The number of amides is 1. The molecule has 0 aliphatic carbocycles. The van der Waals surface area contributed by atoms with Gasteiger partial charge in [-0.25, -0.2) is 0 Å². The van der Waals surface area contributed by atoms with Crippen molar-refractivity contribution in [3.63, 3.8) is 0 Å². The first-order valence-corrected chi connectivity index (χ1v) is 5.46. The Kier molecular flexibility index (Phi) is 4.26. The molecule has 0 unspecified atom stereocenters. The summed E-state index contributed by atoms with van der Waals surface area (Å²) in [6.07, 6.45) is -0.0187. The molecular formula is C13H17NO3. The molecule has 1 aromatic rings. The molecule has 0 saturated carbocycles. The minimum atomic E-state index is -1.03. The maximum absolute atomic E-state index is 11.6. The van der Waals surface area contributed by atoms with Gasteiger partial charge in [0.05, 0.1) is 5.41 Å². The van der Waals surface area contributed by atoms with Crippen molar-refractivity contribution in [2.75, 3.05) is 0 Å². The zero-order valence-corrected chi connectivity index (χ0v) is 10.1. The molecule has 1 amide bonds. The topological polar surface area (TPSA) is 66.4 Å². The van der Waals surface area contributed by atoms with Gasteiger partial charge in [-0.05, 0) is 19.4 Å². The molecule has 0 aromatic heterocycles. The number of carboxylic acid groups (broad SMARTS) is 1. The van der Waals surface area contributed by atoms with Gasteiger partial charge in [0.1, 0.15) is 0 Å². The summed E-state index contributed by atoms with van der Waals surface area (Å²) in [5.41, 5.74) is -0.0326. The molecule has 0 aliphatic heterocycles. The van der Waals surface area contributed by atoms with Crippen LogP contribution in [0.5, 0.6) is 0 Å². The van der Waals surface area contributed by atoms with Crippen molar-refractivity contribution in [3.8, 4) is 0 Å². The molecule has 17 heavy (non-hydrogen) atoms. The smallest absolute Gasteiger partial charge is 0.309 e. The molecule has 0 radical (unpaired) electrons. The van der Waals surface area contributed by atoms with Crippen molar-refractivity contribution in [3.05, 3.63) is 35.9 Å². The Bertz CT molecular complexity index is 398. The molecule has 0 heterocycles. The van der Waals surface area contributed by atoms with E-state index in [0.717, 1.165) is 5.56 Å². The molecule has 0 atom stereocenters. The quantitative estimate of drug-likeness (QED) is 0.817. The highest BCUT2D eigenvalue weighted by Crippen LogP contribution is 2.20. The minimum Gasteiger partial charge on any atom is -0.481 e. The van der Waals surface area contributed by atoms with Crippen LogP contribution in [0, 0.1) is 5.41 Å². The molecule has 2 N–H and O–H groups in total. The first kappa shape index (κ1) is 13.2. The van der Waals surface area contributed by atoms with Gasteiger partial charge in [-0.1, -0.05) is 30.3 Å². The number of carbonyl (C=O) groups is 2. The first-order valence-electron chi connectivity index (χ1n) is 5.46. The lowest BCUT2D eigenvalue weighted by molar-refractivity contribution is -0.149. The Morgan fingerprint density at radius 1 is 1.24 bits per heavy atom. The van der Waals surface area contributed by atoms with Gasteiger partial charge >= 0.3 is 5.97 Å². The maximum Gasteiger partial charge on any atom is 0.309 e. The largest absolute Gasteiger partial charge is 0.481 e. The lowest BCUT2D eigenvalue weighted by Crippen LogP contribution is -2.33. The van der Waals surface area contributed by atoms with E-state index in [9.17, 15) is 9.59 Å². The molecule has 1 aromatic carbocycles. The highest BCUT2D eigenvalue weighted by Gasteiger charge is 2.29. The molecule has 4 heteroatoms. The number of rotatable bonds is 5. The van der Waals surface area contributed by atoms with Crippen LogP contribution in [0.15, 0.2) is 30.3 Å². The molecule has 0 fully saturated rings. The normalized spacial score (nSPS) is 10.9. The highest BCUT2D eigenvalue weighted by atomic mass is 16.4. The average Bonchev–Trinajstić information content (AvgIpc) is 2.27. The van der Waals surface area contributed by atoms with Crippen molar-refractivity contribution in [2.24, 2.45) is 5.41 Å². The van der Waals surface area contributed by atoms with Crippen LogP contribution < -0.4 is 5.32 Å². The summed E-state index contributed by atoms with van der Waals surface area (Å²) in [7, 11) is 0. The molecular weight excluding hydrogens is 218 g/mol. The minimum absolute atomic E-state index is 0.0187. The zero-order valence-electron chi connectivity index (χ0n) is 10.1. The van der Waals surface area contributed by atoms with Crippen LogP contribution in [0.1, 0.15) is 25.8 Å². The number of benzene rings is 1. The number of nitrogens with one attached hydrogen (secondary N) is 1. The lowest BCUT2D eigenvalue weighted by atomic mass is 9.89. The second-order valence-electron chi connectivity index (χ2n) is 4.63. The second-order valence-corrected chi connectivity index (χ2v) is 4.63. The lowest BCUT2D eigenvalue weighted by Gasteiger charge is -2.18. The third-order valence-corrected chi connectivity index (χ3v) is 2.51. The number of hydrogen-bond donors (Lipinski definition) is 2. The Morgan fingerprint density at radius 3 is 2.35 bits per heavy atom. The monoisotopic (exact) mass is 235 g/mol. The molecule has 0 aliphatic rings. The van der Waals surface area contributed by atoms with Gasteiger partial charge in [0.2, 0.25) is 5.91 Å². The predicted molar refractivity (Wildman–Crippen MR) is 64.3 cm³/mol. The Labute approximate surface area is 101 Å². The average molecular weight is 235 g/mol. The summed E-state index contributed by atoms with van der Waals surface area (Å²) in [6, 6.07) is 9.50. The SMILES string of the molecule is CC(C)(CC(=O)NCc1ccccc1)C(=O)O. The highest BCUT2D eigenvalue weighted by molar-refractivity contribution is 5.84. The van der Waals surface area contributed by atoms with E-state index in [1.165, 1.54) is 13.8 Å². The van der Waals surface area contributed by atoms with Crippen molar-refractivity contribution < 1.29 is 14.7 Å². The van der Waals surface area contributed by atoms with Gasteiger partial charge in [0.25, 0.3) is 0 Å². The van der Waals surface area contributed by atoms with Gasteiger partial charge in [-0.15, -0.1) is 0 Å². The van der Waals surface area contributed by atoms with E-state index in [1.54, 1.807) is 0 Å². The first-order chi connectivity index (χ1) is 7.92. The summed E-state index contributed by atoms with van der Waals surface area (Å²) >= 11 is 0. The molecule has 0 spiro atoms. The van der Waals surface area contributed by atoms with E-state index in [0.29, 0.717) is 6.54 Å². The fourth-order valence-corrected chi connectivity index (χ4v) is 1.34. The van der Waals surface area contributed by atoms with Gasteiger partial charge in [-0.3, -0.25) is 9.59 Å². The van der Waals surface area contributed by atoms with Gasteiger partial charge in [0, 0.05) is 13.0 Å². The van der Waals surface area contributed by atoms with E-state index in [1.807, 2.05) is 30.3 Å². The van der Waals surface area contributed by atoms with Crippen molar-refractivity contribution in [1.82, 2.24) is 5.32 Å². The summed E-state index contributed by atoms with van der Waals surface area (Å²) in [6.45, 7) is 3.50. The Hall–Kier alpha value is -1.84. The summed E-state index contributed by atoms with van der Waals surface area (Å²) < 4.78 is 0. The molecule has 4 nitrogen and oxygen atoms in total. The second kappa shape index (κ2) is 5.48. The third kappa shape index (κ3) is 4.26. The Balaban J connectivity index is 2.44. The fourth-order valence-electron chi connectivity index (χ4n) is 1.34. The van der Waals surface area contributed by atoms with E-state index in [2.05, 4.69) is 5.32 Å². The summed E-state index contributed by atoms with van der Waals surface area (Å²) in [5, 5.41) is 11.6. The van der Waals surface area contributed by atoms with E-state index >= 15 is 0 Å². The van der Waals surface area contributed by atoms with Crippen LogP contribution >= 0.6 is 0 Å². The van der Waals surface area contributed by atoms with Gasteiger partial charge < -0.3 is 10.4 Å². The van der Waals surface area contributed by atoms with Crippen LogP contribution in [0.2, 0.25) is 0 Å². The number of hydrogen-bond acceptors (Lipinski definition) is 2. The van der Waals surface area contributed by atoms with Crippen molar-refractivity contribution >= 4 is 11.9 Å². The van der Waals surface area contributed by atoms with Gasteiger partial charge in [0.15, 0.2) is 0 Å². The van der Waals surface area contributed by atoms with Crippen LogP contribution in [-0.2, 0) is 16.1 Å². The molecule has 92 valence electrons. The van der Waals surface area contributed by atoms with E-state index in [-0.39, 0.29) is 12.3 Å². The van der Waals surface area contributed by atoms with E-state index in [4.69, 9.17) is 5.11 Å². The summed E-state index contributed by atoms with van der Waals surface area (Å²) in [4.78, 5) is 22.4. The molecule has 1 rings (SSSR count). The number of carboxylic acids is 1. The molecule has 0 saturated heterocycles. The fraction of sp³-hybridized carbons (Fsp3) is 0.385. The van der Waals surface area contributed by atoms with Crippen LogP contribution in [-0.4, -0.2) is 17.0 Å². The zero-order chi connectivity index (χ0) is 12.9. The van der Waals surface area contributed by atoms with Crippen molar-refractivity contribution in [1.29, 1.82) is 0 Å². The van der Waals surface area contributed by atoms with Gasteiger partial charge in [-0.2, -0.15) is 0 Å². The molecule has 0 bridgehead atoms. The van der Waals surface area contributed by atoms with Crippen LogP contribution in [0.4, 0.5) is 0 Å². The van der Waals surface area contributed by atoms with E-state index < -0.39 is 11.4 Å². The maximum atomic E-state index is 11.6. The van der Waals surface area contributed by atoms with Crippen molar-refractivity contribution in [2.45, 2.75) is 26.8 Å². The van der Waals surface area contributed by atoms with Crippen LogP contribution in [0.25, 0.3) is 0 Å². The number of aliphatic carboxylic acids is 1. The standard InChI is InChI=1S/C13H17NO3/c1-13(2,12(16)17)8-11(15)14-9-10-6-4-3-5-7-10/h3-7H,8-9H2,1-2H3,(H,14,15)(H,16,17). The Morgan fingerprint density at radius 2 is 1.82 bits per heavy atom. The van der Waals surface area contributed by atoms with Crippen LogP contribution in [0.3, 0.4) is 0 Å². The predicted octanol–water partition coefficient (Wildman–Crippen LogP) is 1.80. The summed E-state index contributed by atoms with van der Waals surface area (Å²) in [5.74, 6) is -1.21.